The number of hydrogen-bond acceptors (Lipinski definition) is 7. The lowest BCUT2D eigenvalue weighted by Gasteiger charge is -2.34. The van der Waals surface area contributed by atoms with Crippen molar-refractivity contribution in [2.24, 2.45) is 10.1 Å². The molecule has 1 N–H and O–H groups in total. The molecule has 0 fully saturated rings. The van der Waals surface area contributed by atoms with Crippen LogP contribution in [0.1, 0.15) is 47.9 Å². The number of aliphatic imine (C=N–C) groups is 1. The number of hydrazone groups is 1. The van der Waals surface area contributed by atoms with E-state index in [9.17, 15) is 14.7 Å². The summed E-state index contributed by atoms with van der Waals surface area (Å²) in [5.74, 6) is -1.51. The van der Waals surface area contributed by atoms with Gasteiger partial charge in [-0.3, -0.25) is 4.79 Å². The molecular formula is C15H15N4O3S-. The highest BCUT2D eigenvalue weighted by Crippen LogP contribution is 2.45. The Balaban J connectivity index is 1.67. The average molecular weight is 331 g/mol. The number of thiophene rings is 1. The van der Waals surface area contributed by atoms with Crippen molar-refractivity contribution in [2.45, 2.75) is 44.7 Å². The van der Waals surface area contributed by atoms with Gasteiger partial charge in [0.1, 0.15) is 17.1 Å². The highest BCUT2D eigenvalue weighted by Gasteiger charge is 2.36. The summed E-state index contributed by atoms with van der Waals surface area (Å²) in [5.41, 5.74) is 2.56. The fourth-order valence-corrected chi connectivity index (χ4v) is 4.52. The predicted octanol–water partition coefficient (Wildman–Crippen LogP) is 0.617. The van der Waals surface area contributed by atoms with Gasteiger partial charge >= 0.3 is 0 Å². The minimum atomic E-state index is -1.19. The smallest absolute Gasteiger partial charge is 0.269 e. The van der Waals surface area contributed by atoms with Gasteiger partial charge in [-0.1, -0.05) is 0 Å². The number of aliphatic carboxylic acids is 1. The Morgan fingerprint density at radius 1 is 1.43 bits per heavy atom. The molecule has 2 aliphatic heterocycles. The Morgan fingerprint density at radius 2 is 2.26 bits per heavy atom. The molecule has 120 valence electrons. The van der Waals surface area contributed by atoms with Gasteiger partial charge in [-0.25, -0.2) is 10.0 Å². The Kier molecular flexibility index (Phi) is 3.41. The normalized spacial score (nSPS) is 21.9. The minimum Gasteiger partial charge on any atom is -0.550 e. The number of nitrogens with zero attached hydrogens (tertiary/aromatic N) is 3. The summed E-state index contributed by atoms with van der Waals surface area (Å²) in [6, 6.07) is 0. The Hall–Kier alpha value is -2.22. The van der Waals surface area contributed by atoms with Gasteiger partial charge in [0, 0.05) is 22.8 Å². The predicted molar refractivity (Wildman–Crippen MR) is 83.5 cm³/mol. The van der Waals surface area contributed by atoms with Gasteiger partial charge in [-0.2, -0.15) is 5.10 Å². The molecule has 3 heterocycles. The molecule has 0 spiro atoms. The van der Waals surface area contributed by atoms with Crippen LogP contribution in [0.5, 0.6) is 0 Å². The maximum Gasteiger partial charge on any atom is 0.269 e. The molecule has 1 aromatic rings. The van der Waals surface area contributed by atoms with Crippen LogP contribution in [-0.4, -0.2) is 28.9 Å². The van der Waals surface area contributed by atoms with Crippen molar-refractivity contribution < 1.29 is 14.7 Å². The minimum absolute atomic E-state index is 0.0554. The van der Waals surface area contributed by atoms with E-state index in [2.05, 4.69) is 15.4 Å². The number of nitrogens with one attached hydrogen (secondary N) is 1. The molecule has 1 amide bonds. The second-order valence-electron chi connectivity index (χ2n) is 5.85. The standard InChI is InChI=1S/C15H16N4O3S/c20-11(21)6-5-9-14(22)17-13-12-8-3-1-2-4-10(8)23-15(12)16-7-19(13)18-9/h7,13H,1-6H2,(H,17,22)(H,20,21)/p-1/t13-/m1/s1. The van der Waals surface area contributed by atoms with Crippen molar-refractivity contribution in [3.63, 3.8) is 0 Å². The second-order valence-corrected chi connectivity index (χ2v) is 6.93. The second kappa shape index (κ2) is 5.45. The van der Waals surface area contributed by atoms with Gasteiger partial charge in [-0.05, 0) is 37.7 Å². The van der Waals surface area contributed by atoms with E-state index in [1.54, 1.807) is 22.7 Å². The van der Waals surface area contributed by atoms with Crippen LogP contribution in [-0.2, 0) is 22.4 Å². The average Bonchev–Trinajstić information content (AvgIpc) is 2.91. The molecule has 0 radical (unpaired) electrons. The van der Waals surface area contributed by atoms with E-state index in [4.69, 9.17) is 0 Å². The first-order chi connectivity index (χ1) is 11.1. The molecule has 0 bridgehead atoms. The third-order valence-corrected chi connectivity index (χ3v) is 5.57. The van der Waals surface area contributed by atoms with E-state index < -0.39 is 5.97 Å². The van der Waals surface area contributed by atoms with Gasteiger partial charge in [0.25, 0.3) is 5.91 Å². The Bertz CT molecular complexity index is 752. The van der Waals surface area contributed by atoms with E-state index in [-0.39, 0.29) is 30.6 Å². The zero-order valence-electron chi connectivity index (χ0n) is 12.4. The first-order valence-corrected chi connectivity index (χ1v) is 8.50. The van der Waals surface area contributed by atoms with E-state index in [1.807, 2.05) is 0 Å². The molecule has 0 saturated heterocycles. The number of carboxylic acids is 1. The quantitative estimate of drug-likeness (QED) is 0.878. The third-order valence-electron chi connectivity index (χ3n) is 4.36. The van der Waals surface area contributed by atoms with Gasteiger partial charge in [-0.15, -0.1) is 11.3 Å². The van der Waals surface area contributed by atoms with Crippen LogP contribution < -0.4 is 10.4 Å². The molecular weight excluding hydrogens is 316 g/mol. The number of aryl methyl sites for hydroxylation is 1. The van der Waals surface area contributed by atoms with Crippen molar-refractivity contribution in [1.29, 1.82) is 0 Å². The van der Waals surface area contributed by atoms with Crippen LogP contribution in [0.15, 0.2) is 10.1 Å². The van der Waals surface area contributed by atoms with Crippen molar-refractivity contribution in [1.82, 2.24) is 10.3 Å². The Labute approximate surface area is 136 Å². The van der Waals surface area contributed by atoms with E-state index in [0.29, 0.717) is 0 Å². The number of hydrogen-bond donors (Lipinski definition) is 1. The maximum atomic E-state index is 12.2. The van der Waals surface area contributed by atoms with Crippen LogP contribution in [0, 0.1) is 0 Å². The molecule has 0 aromatic carbocycles. The van der Waals surface area contributed by atoms with Crippen LogP contribution in [0.2, 0.25) is 0 Å². The molecule has 3 aliphatic rings. The fraction of sp³-hybridized carbons (Fsp3) is 0.467. The van der Waals surface area contributed by atoms with Gasteiger partial charge in [0.15, 0.2) is 6.17 Å². The van der Waals surface area contributed by atoms with Crippen LogP contribution in [0.3, 0.4) is 0 Å². The number of rotatable bonds is 3. The molecule has 0 unspecified atom stereocenters. The van der Waals surface area contributed by atoms with Gasteiger partial charge < -0.3 is 15.2 Å². The van der Waals surface area contributed by atoms with Crippen molar-refractivity contribution in [2.75, 3.05) is 0 Å². The summed E-state index contributed by atoms with van der Waals surface area (Å²) >= 11 is 1.70. The molecule has 1 atom stereocenters. The highest BCUT2D eigenvalue weighted by molar-refractivity contribution is 7.16. The molecule has 1 aromatic heterocycles. The molecule has 8 heteroatoms. The molecule has 0 saturated carbocycles. The lowest BCUT2D eigenvalue weighted by Crippen LogP contribution is -2.48. The van der Waals surface area contributed by atoms with Gasteiger partial charge in [0.2, 0.25) is 0 Å². The van der Waals surface area contributed by atoms with E-state index >= 15 is 0 Å². The summed E-state index contributed by atoms with van der Waals surface area (Å²) in [6.45, 7) is 0. The summed E-state index contributed by atoms with van der Waals surface area (Å²) in [7, 11) is 0. The third kappa shape index (κ3) is 2.42. The van der Waals surface area contributed by atoms with E-state index in [1.165, 1.54) is 16.9 Å². The zero-order chi connectivity index (χ0) is 16.0. The van der Waals surface area contributed by atoms with E-state index in [0.717, 1.165) is 29.8 Å². The molecule has 7 nitrogen and oxygen atoms in total. The highest BCUT2D eigenvalue weighted by atomic mass is 32.1. The Morgan fingerprint density at radius 3 is 3.09 bits per heavy atom. The fourth-order valence-electron chi connectivity index (χ4n) is 3.26. The number of carbonyl (C=O) groups excluding carboxylic acids is 2. The van der Waals surface area contributed by atoms with Crippen LogP contribution >= 0.6 is 11.3 Å². The first-order valence-electron chi connectivity index (χ1n) is 7.68. The largest absolute Gasteiger partial charge is 0.550 e. The summed E-state index contributed by atoms with van der Waals surface area (Å²) in [4.78, 5) is 28.7. The summed E-state index contributed by atoms with van der Waals surface area (Å²) < 4.78 is 0. The molecule has 1 aliphatic carbocycles. The zero-order valence-corrected chi connectivity index (χ0v) is 13.2. The monoisotopic (exact) mass is 331 g/mol. The number of amides is 1. The maximum absolute atomic E-state index is 12.2. The number of fused-ring (bicyclic) bond motifs is 5. The summed E-state index contributed by atoms with van der Waals surface area (Å²) in [5, 5.41) is 20.4. The van der Waals surface area contributed by atoms with Crippen molar-refractivity contribution >= 4 is 40.3 Å². The lowest BCUT2D eigenvalue weighted by atomic mass is 9.93. The number of carbonyl (C=O) groups is 2. The first kappa shape index (κ1) is 14.4. The summed E-state index contributed by atoms with van der Waals surface area (Å²) in [6.07, 6.45) is 5.54. The van der Waals surface area contributed by atoms with Crippen LogP contribution in [0.4, 0.5) is 5.00 Å². The topological polar surface area (TPSA) is 97.2 Å². The molecule has 23 heavy (non-hydrogen) atoms. The SMILES string of the molecule is O=C([O-])CCC1=NN2C=Nc3sc4c(c3[C@@H]2NC1=O)CCCC4. The molecule has 4 rings (SSSR count). The van der Waals surface area contributed by atoms with Crippen LogP contribution in [0.25, 0.3) is 0 Å². The number of carboxylic acid groups (broad SMARTS) is 1. The lowest BCUT2D eigenvalue weighted by molar-refractivity contribution is -0.305. The van der Waals surface area contributed by atoms with Crippen molar-refractivity contribution in [3.8, 4) is 0 Å². The van der Waals surface area contributed by atoms with Gasteiger partial charge in [0.05, 0.1) is 0 Å². The van der Waals surface area contributed by atoms with Crippen molar-refractivity contribution in [3.05, 3.63) is 16.0 Å².